The van der Waals surface area contributed by atoms with Crippen molar-refractivity contribution < 1.29 is 13.6 Å². The predicted molar refractivity (Wildman–Crippen MR) is 88.4 cm³/mol. The molecule has 0 atom stereocenters. The van der Waals surface area contributed by atoms with Crippen LogP contribution >= 0.6 is 0 Å². The third kappa shape index (κ3) is 2.69. The van der Waals surface area contributed by atoms with Crippen LogP contribution in [0.3, 0.4) is 0 Å². The van der Waals surface area contributed by atoms with Crippen molar-refractivity contribution >= 4 is 16.8 Å². The summed E-state index contributed by atoms with van der Waals surface area (Å²) in [6.45, 7) is 2.13. The fourth-order valence-corrected chi connectivity index (χ4v) is 3.70. The van der Waals surface area contributed by atoms with Crippen molar-refractivity contribution in [1.29, 1.82) is 0 Å². The normalized spacial score (nSPS) is 21.0. The molecule has 0 spiro atoms. The number of hydrogen-bond acceptors (Lipinski definition) is 2. The minimum atomic E-state index is -2.63. The summed E-state index contributed by atoms with van der Waals surface area (Å²) in [6.07, 6.45) is 0.488. The van der Waals surface area contributed by atoms with E-state index >= 15 is 0 Å². The number of rotatable bonds is 1. The SMILES string of the molecule is CN1CCc2[nH]c3ccc(C(=O)N4CCC(F)(F)CC4)cc3c2C1. The minimum absolute atomic E-state index is 0.123. The van der Waals surface area contributed by atoms with E-state index in [0.717, 1.165) is 30.4 Å². The summed E-state index contributed by atoms with van der Waals surface area (Å²) in [4.78, 5) is 19.9. The number of aromatic amines is 1. The van der Waals surface area contributed by atoms with Crippen molar-refractivity contribution in [1.82, 2.24) is 14.8 Å². The number of amides is 1. The number of piperidine rings is 1. The first-order valence-corrected chi connectivity index (χ1v) is 8.42. The van der Waals surface area contributed by atoms with Crippen LogP contribution < -0.4 is 0 Å². The Kier molecular flexibility index (Phi) is 3.60. The Bertz CT molecular complexity index is 789. The van der Waals surface area contributed by atoms with Crippen LogP contribution in [0.4, 0.5) is 8.78 Å². The topological polar surface area (TPSA) is 39.3 Å². The van der Waals surface area contributed by atoms with Crippen LogP contribution in [-0.4, -0.2) is 53.3 Å². The summed E-state index contributed by atoms with van der Waals surface area (Å²) in [5.74, 6) is -2.78. The van der Waals surface area contributed by atoms with Gasteiger partial charge in [-0.05, 0) is 30.8 Å². The third-order valence-corrected chi connectivity index (χ3v) is 5.20. The molecule has 0 saturated carbocycles. The number of likely N-dealkylation sites (tertiary alicyclic amines) is 1. The Labute approximate surface area is 139 Å². The Morgan fingerprint density at radius 3 is 2.71 bits per heavy atom. The van der Waals surface area contributed by atoms with E-state index in [1.54, 1.807) is 11.0 Å². The summed E-state index contributed by atoms with van der Waals surface area (Å²) >= 11 is 0. The first-order valence-electron chi connectivity index (χ1n) is 8.42. The number of fused-ring (bicyclic) bond motifs is 3. The number of nitrogens with one attached hydrogen (secondary N) is 1. The number of H-pyrrole nitrogens is 1. The lowest BCUT2D eigenvalue weighted by atomic mass is 10.0. The van der Waals surface area contributed by atoms with Gasteiger partial charge in [-0.15, -0.1) is 0 Å². The van der Waals surface area contributed by atoms with Gasteiger partial charge in [0, 0.05) is 67.6 Å². The first-order chi connectivity index (χ1) is 11.4. The number of carbonyl (C=O) groups excluding carboxylic acids is 1. The standard InChI is InChI=1S/C18H21F2N3O/c1-22-7-4-16-14(11-22)13-10-12(2-3-15(13)21-16)17(24)23-8-5-18(19,20)6-9-23/h2-3,10,21H,4-9,11H2,1H3. The zero-order valence-electron chi connectivity index (χ0n) is 13.7. The fourth-order valence-electron chi connectivity index (χ4n) is 3.70. The molecule has 0 unspecified atom stereocenters. The van der Waals surface area contributed by atoms with Crippen molar-refractivity contribution in [2.24, 2.45) is 0 Å². The molecule has 2 aliphatic rings. The summed E-state index contributed by atoms with van der Waals surface area (Å²) in [5.41, 5.74) is 4.11. The molecule has 4 nitrogen and oxygen atoms in total. The maximum absolute atomic E-state index is 13.3. The summed E-state index contributed by atoms with van der Waals surface area (Å²) < 4.78 is 26.6. The number of benzene rings is 1. The molecule has 1 saturated heterocycles. The second-order valence-electron chi connectivity index (χ2n) is 6.98. The molecule has 3 heterocycles. The molecule has 2 aromatic rings. The van der Waals surface area contributed by atoms with E-state index in [1.165, 1.54) is 11.3 Å². The number of aromatic nitrogens is 1. The first kappa shape index (κ1) is 15.6. The van der Waals surface area contributed by atoms with E-state index in [-0.39, 0.29) is 31.8 Å². The number of alkyl halides is 2. The number of hydrogen-bond donors (Lipinski definition) is 1. The van der Waals surface area contributed by atoms with Crippen molar-refractivity contribution in [3.8, 4) is 0 Å². The van der Waals surface area contributed by atoms with Crippen LogP contribution in [0.5, 0.6) is 0 Å². The van der Waals surface area contributed by atoms with E-state index in [2.05, 4.69) is 16.9 Å². The summed E-state index contributed by atoms with van der Waals surface area (Å²) in [7, 11) is 2.09. The van der Waals surface area contributed by atoms with E-state index in [4.69, 9.17) is 0 Å². The maximum Gasteiger partial charge on any atom is 0.253 e. The van der Waals surface area contributed by atoms with Gasteiger partial charge in [0.25, 0.3) is 11.8 Å². The van der Waals surface area contributed by atoms with Crippen molar-refractivity contribution in [3.05, 3.63) is 35.0 Å². The lowest BCUT2D eigenvalue weighted by Gasteiger charge is -2.31. The van der Waals surface area contributed by atoms with Crippen LogP contribution in [0.25, 0.3) is 10.9 Å². The second kappa shape index (κ2) is 5.55. The highest BCUT2D eigenvalue weighted by molar-refractivity contribution is 5.99. The zero-order valence-corrected chi connectivity index (χ0v) is 13.7. The molecular formula is C18H21F2N3O. The van der Waals surface area contributed by atoms with E-state index in [0.29, 0.717) is 5.56 Å². The van der Waals surface area contributed by atoms with Gasteiger partial charge < -0.3 is 14.8 Å². The molecule has 24 heavy (non-hydrogen) atoms. The summed E-state index contributed by atoms with van der Waals surface area (Å²) in [6, 6.07) is 5.64. The van der Waals surface area contributed by atoms with Crippen LogP contribution in [0, 0.1) is 0 Å². The number of carbonyl (C=O) groups is 1. The fraction of sp³-hybridized carbons (Fsp3) is 0.500. The Balaban J connectivity index is 1.63. The van der Waals surface area contributed by atoms with Gasteiger partial charge in [-0.25, -0.2) is 8.78 Å². The van der Waals surface area contributed by atoms with Crippen LogP contribution in [0.2, 0.25) is 0 Å². The molecule has 1 amide bonds. The molecule has 4 rings (SSSR count). The monoisotopic (exact) mass is 333 g/mol. The van der Waals surface area contributed by atoms with E-state index in [1.807, 2.05) is 12.1 Å². The predicted octanol–water partition coefficient (Wildman–Crippen LogP) is 3.03. The number of nitrogens with zero attached hydrogens (tertiary/aromatic N) is 2. The molecule has 6 heteroatoms. The second-order valence-corrected chi connectivity index (χ2v) is 6.98. The Hall–Kier alpha value is -1.95. The highest BCUT2D eigenvalue weighted by Gasteiger charge is 2.35. The van der Waals surface area contributed by atoms with Gasteiger partial charge in [0.15, 0.2) is 0 Å². The van der Waals surface area contributed by atoms with Gasteiger partial charge >= 0.3 is 0 Å². The van der Waals surface area contributed by atoms with Gasteiger partial charge in [-0.2, -0.15) is 0 Å². The molecule has 128 valence electrons. The van der Waals surface area contributed by atoms with Crippen molar-refractivity contribution in [2.75, 3.05) is 26.7 Å². The lowest BCUT2D eigenvalue weighted by Crippen LogP contribution is -2.42. The molecule has 2 aliphatic heterocycles. The molecular weight excluding hydrogens is 312 g/mol. The van der Waals surface area contributed by atoms with E-state index in [9.17, 15) is 13.6 Å². The van der Waals surface area contributed by atoms with Crippen molar-refractivity contribution in [2.45, 2.75) is 31.7 Å². The number of likely N-dealkylation sites (N-methyl/N-ethyl adjacent to an activating group) is 1. The molecule has 0 aliphatic carbocycles. The largest absolute Gasteiger partial charge is 0.358 e. The average molecular weight is 333 g/mol. The molecule has 1 aromatic carbocycles. The zero-order chi connectivity index (χ0) is 16.9. The van der Waals surface area contributed by atoms with Crippen LogP contribution in [0.1, 0.15) is 34.5 Å². The quantitative estimate of drug-likeness (QED) is 0.871. The van der Waals surface area contributed by atoms with Gasteiger partial charge in [0.2, 0.25) is 0 Å². The highest BCUT2D eigenvalue weighted by atomic mass is 19.3. The van der Waals surface area contributed by atoms with Crippen LogP contribution in [-0.2, 0) is 13.0 Å². The molecule has 0 bridgehead atoms. The summed E-state index contributed by atoms with van der Waals surface area (Å²) in [5, 5.41) is 1.07. The minimum Gasteiger partial charge on any atom is -0.358 e. The molecule has 0 radical (unpaired) electrons. The Morgan fingerprint density at radius 2 is 1.96 bits per heavy atom. The molecule has 1 aromatic heterocycles. The average Bonchev–Trinajstić information content (AvgIpc) is 2.91. The smallest absolute Gasteiger partial charge is 0.253 e. The van der Waals surface area contributed by atoms with E-state index < -0.39 is 5.92 Å². The number of halogens is 2. The highest BCUT2D eigenvalue weighted by Crippen LogP contribution is 2.30. The Morgan fingerprint density at radius 1 is 1.21 bits per heavy atom. The van der Waals surface area contributed by atoms with Crippen molar-refractivity contribution in [3.63, 3.8) is 0 Å². The van der Waals surface area contributed by atoms with Gasteiger partial charge in [0.1, 0.15) is 0 Å². The maximum atomic E-state index is 13.3. The molecule has 1 fully saturated rings. The van der Waals surface area contributed by atoms with Crippen LogP contribution in [0.15, 0.2) is 18.2 Å². The molecule has 1 N–H and O–H groups in total. The van der Waals surface area contributed by atoms with Gasteiger partial charge in [-0.1, -0.05) is 0 Å². The van der Waals surface area contributed by atoms with Gasteiger partial charge in [0.05, 0.1) is 0 Å². The lowest BCUT2D eigenvalue weighted by molar-refractivity contribution is -0.0494. The third-order valence-electron chi connectivity index (χ3n) is 5.20. The van der Waals surface area contributed by atoms with Gasteiger partial charge in [-0.3, -0.25) is 4.79 Å².